The summed E-state index contributed by atoms with van der Waals surface area (Å²) in [5, 5.41) is 15.6. The monoisotopic (exact) mass is 883 g/mol. The molecule has 0 N–H and O–H groups in total. The Morgan fingerprint density at radius 1 is 0.397 bits per heavy atom. The zero-order chi connectivity index (χ0) is 45.9. The van der Waals surface area contributed by atoms with Crippen LogP contribution in [0.2, 0.25) is 0 Å². The van der Waals surface area contributed by atoms with Crippen molar-refractivity contribution in [2.45, 2.75) is 6.18 Å². The molecule has 0 aliphatic carbocycles. The number of alkyl halides is 3. The number of hydrogen-bond acceptors (Lipinski definition) is 3. The molecule has 0 saturated heterocycles. The lowest BCUT2D eigenvalue weighted by Gasteiger charge is -2.21. The van der Waals surface area contributed by atoms with Gasteiger partial charge < -0.3 is 9.13 Å². The summed E-state index contributed by atoms with van der Waals surface area (Å²) in [6.07, 6.45) is -0.969. The van der Waals surface area contributed by atoms with Crippen molar-refractivity contribution < 1.29 is 13.2 Å². The molecule has 0 aliphatic rings. The van der Waals surface area contributed by atoms with Gasteiger partial charge in [-0.3, -0.25) is 9.97 Å². The van der Waals surface area contributed by atoms with Gasteiger partial charge in [-0.2, -0.15) is 18.4 Å². The first-order chi connectivity index (χ1) is 33.3. The number of pyridine rings is 2. The van der Waals surface area contributed by atoms with Gasteiger partial charge in [0.25, 0.3) is 0 Å². The molecule has 12 rings (SSSR count). The van der Waals surface area contributed by atoms with E-state index in [0.29, 0.717) is 28.1 Å². The summed E-state index contributed by atoms with van der Waals surface area (Å²) in [6.45, 7) is 0. The normalized spacial score (nSPS) is 11.7. The van der Waals surface area contributed by atoms with Crippen molar-refractivity contribution >= 4 is 43.6 Å². The molecule has 0 atom stereocenters. The van der Waals surface area contributed by atoms with Gasteiger partial charge in [0.05, 0.1) is 50.4 Å². The Morgan fingerprint density at radius 3 is 1.44 bits per heavy atom. The van der Waals surface area contributed by atoms with Crippen LogP contribution in [0.25, 0.3) is 111 Å². The predicted octanol–water partition coefficient (Wildman–Crippen LogP) is 15.9. The van der Waals surface area contributed by atoms with Crippen LogP contribution in [0, 0.1) is 11.3 Å². The molecule has 0 saturated carbocycles. The van der Waals surface area contributed by atoms with Crippen LogP contribution in [0.1, 0.15) is 11.1 Å². The fourth-order valence-electron chi connectivity index (χ4n) is 9.76. The minimum atomic E-state index is -4.59. The first-order valence-corrected chi connectivity index (χ1v) is 22.2. The third kappa shape index (κ3) is 6.79. The van der Waals surface area contributed by atoms with Crippen molar-refractivity contribution in [1.82, 2.24) is 19.1 Å². The SMILES string of the molecule is N#Cc1c(-n2c3ccccc3c3ccc(-c4ccnc(-c5ccccc5)c4)cc32)ccc(-c2cccc(C(F)(F)F)c2)c1-n1c2ccccc2c2ccc(-c3ccnc(-c4ccccc4)c3)cc21. The van der Waals surface area contributed by atoms with E-state index in [9.17, 15) is 18.4 Å². The smallest absolute Gasteiger partial charge is 0.308 e. The van der Waals surface area contributed by atoms with E-state index in [1.807, 2.05) is 134 Å². The van der Waals surface area contributed by atoms with Crippen molar-refractivity contribution in [2.75, 3.05) is 0 Å². The van der Waals surface area contributed by atoms with Gasteiger partial charge in [-0.25, -0.2) is 0 Å². The van der Waals surface area contributed by atoms with Crippen LogP contribution in [-0.2, 0) is 6.18 Å². The first-order valence-electron chi connectivity index (χ1n) is 22.2. The van der Waals surface area contributed by atoms with Gasteiger partial charge in [0.1, 0.15) is 11.6 Å². The summed E-state index contributed by atoms with van der Waals surface area (Å²) >= 11 is 0. The third-order valence-electron chi connectivity index (χ3n) is 12.9. The van der Waals surface area contributed by atoms with Gasteiger partial charge >= 0.3 is 6.18 Å². The number of hydrogen-bond donors (Lipinski definition) is 0. The molecule has 4 heterocycles. The fourth-order valence-corrected chi connectivity index (χ4v) is 9.76. The average molecular weight is 884 g/mol. The lowest BCUT2D eigenvalue weighted by molar-refractivity contribution is -0.137. The van der Waals surface area contributed by atoms with E-state index >= 15 is 0 Å². The maximum absolute atomic E-state index is 14.5. The molecule has 0 radical (unpaired) electrons. The number of fused-ring (bicyclic) bond motifs is 6. The molecule has 0 fully saturated rings. The number of para-hydroxylation sites is 2. The highest BCUT2D eigenvalue weighted by Gasteiger charge is 2.31. The predicted molar refractivity (Wildman–Crippen MR) is 268 cm³/mol. The second kappa shape index (κ2) is 16.1. The summed E-state index contributed by atoms with van der Waals surface area (Å²) in [6, 6.07) is 68.6. The maximum Gasteiger partial charge on any atom is 0.416 e. The van der Waals surface area contributed by atoms with Crippen LogP contribution in [0.3, 0.4) is 0 Å². The minimum Gasteiger partial charge on any atom is -0.308 e. The van der Waals surface area contributed by atoms with E-state index in [0.717, 1.165) is 94.4 Å². The molecule has 0 unspecified atom stereocenters. The van der Waals surface area contributed by atoms with Gasteiger partial charge in [0, 0.05) is 50.6 Å². The van der Waals surface area contributed by atoms with Crippen molar-refractivity contribution in [3.05, 3.63) is 230 Å². The molecule has 0 aliphatic heterocycles. The Bertz CT molecular complexity index is 3970. The lowest BCUT2D eigenvalue weighted by atomic mass is 9.96. The van der Waals surface area contributed by atoms with E-state index in [-0.39, 0.29) is 0 Å². The molecule has 0 spiro atoms. The van der Waals surface area contributed by atoms with Crippen molar-refractivity contribution in [3.63, 3.8) is 0 Å². The van der Waals surface area contributed by atoms with Crippen LogP contribution in [0.5, 0.6) is 0 Å². The maximum atomic E-state index is 14.5. The second-order valence-electron chi connectivity index (χ2n) is 16.8. The molecule has 4 aromatic heterocycles. The standard InChI is InChI=1S/C60H36F3N5/c61-60(62,63)45-17-11-16-44(32-45)46-26-27-56(67-54-20-9-7-18-47(54)49-24-22-40(35-57(49)67)42-28-30-65-52(33-42)38-12-3-1-4-13-38)51(37-64)59(46)68-55-21-10-8-19-48(55)50-25-23-41(36-58(50)68)43-29-31-66-53(34-43)39-14-5-2-6-15-39/h1-36H. The van der Waals surface area contributed by atoms with Gasteiger partial charge in [-0.1, -0.05) is 140 Å². The highest BCUT2D eigenvalue weighted by molar-refractivity contribution is 6.13. The van der Waals surface area contributed by atoms with E-state index in [4.69, 9.17) is 0 Å². The van der Waals surface area contributed by atoms with Crippen molar-refractivity contribution in [2.24, 2.45) is 0 Å². The average Bonchev–Trinajstić information content (AvgIpc) is 3.90. The van der Waals surface area contributed by atoms with Gasteiger partial charge in [-0.05, 0) is 94.5 Å². The number of halogens is 3. The van der Waals surface area contributed by atoms with Crippen LogP contribution < -0.4 is 0 Å². The van der Waals surface area contributed by atoms with Gasteiger partial charge in [0.2, 0.25) is 0 Å². The second-order valence-corrected chi connectivity index (χ2v) is 16.8. The Labute approximate surface area is 388 Å². The Balaban J connectivity index is 1.15. The molecule has 5 nitrogen and oxygen atoms in total. The summed E-state index contributed by atoms with van der Waals surface area (Å²) in [7, 11) is 0. The Kier molecular flexibility index (Phi) is 9.59. The third-order valence-corrected chi connectivity index (χ3v) is 12.9. The fraction of sp³-hybridized carbons (Fsp3) is 0.0167. The highest BCUT2D eigenvalue weighted by atomic mass is 19.4. The van der Waals surface area contributed by atoms with Crippen LogP contribution in [0.4, 0.5) is 13.2 Å². The summed E-state index contributed by atoms with van der Waals surface area (Å²) < 4.78 is 47.7. The zero-order valence-corrected chi connectivity index (χ0v) is 36.2. The molecule has 8 aromatic carbocycles. The Hall–Kier alpha value is -9.06. The van der Waals surface area contributed by atoms with Crippen LogP contribution in [-0.4, -0.2) is 19.1 Å². The topological polar surface area (TPSA) is 59.4 Å². The van der Waals surface area contributed by atoms with Gasteiger partial charge in [0.15, 0.2) is 0 Å². The quantitative estimate of drug-likeness (QED) is 0.160. The lowest BCUT2D eigenvalue weighted by Crippen LogP contribution is -2.08. The molecule has 322 valence electrons. The molecule has 68 heavy (non-hydrogen) atoms. The van der Waals surface area contributed by atoms with Crippen molar-refractivity contribution in [3.8, 4) is 73.3 Å². The van der Waals surface area contributed by atoms with Crippen LogP contribution in [0.15, 0.2) is 219 Å². The van der Waals surface area contributed by atoms with Gasteiger partial charge in [-0.15, -0.1) is 0 Å². The first kappa shape index (κ1) is 40.4. The number of aromatic nitrogens is 4. The largest absolute Gasteiger partial charge is 0.416 e. The highest BCUT2D eigenvalue weighted by Crippen LogP contribution is 2.44. The van der Waals surface area contributed by atoms with E-state index in [1.54, 1.807) is 12.3 Å². The number of benzene rings is 8. The molecule has 12 aromatic rings. The Morgan fingerprint density at radius 2 is 0.882 bits per heavy atom. The number of rotatable bonds is 7. The molecule has 0 bridgehead atoms. The summed E-state index contributed by atoms with van der Waals surface area (Å²) in [5.41, 5.74) is 12.2. The van der Waals surface area contributed by atoms with E-state index in [1.165, 1.54) is 12.1 Å². The zero-order valence-electron chi connectivity index (χ0n) is 36.2. The summed E-state index contributed by atoms with van der Waals surface area (Å²) in [4.78, 5) is 9.36. The van der Waals surface area contributed by atoms with E-state index < -0.39 is 11.7 Å². The molecule has 8 heteroatoms. The van der Waals surface area contributed by atoms with Crippen molar-refractivity contribution in [1.29, 1.82) is 5.26 Å². The summed E-state index contributed by atoms with van der Waals surface area (Å²) in [5.74, 6) is 0. The molecule has 0 amide bonds. The van der Waals surface area contributed by atoms with E-state index in [2.05, 4.69) is 79.8 Å². The molecular weight excluding hydrogens is 848 g/mol. The minimum absolute atomic E-state index is 0.298. The number of nitrogens with zero attached hydrogens (tertiary/aromatic N) is 5. The molecular formula is C60H36F3N5. The van der Waals surface area contributed by atoms with Crippen LogP contribution >= 0.6 is 0 Å². The number of nitriles is 1.